The van der Waals surface area contributed by atoms with Crippen molar-refractivity contribution in [1.82, 2.24) is 14.9 Å². The van der Waals surface area contributed by atoms with E-state index in [-0.39, 0.29) is 11.5 Å². The van der Waals surface area contributed by atoms with E-state index >= 15 is 0 Å². The van der Waals surface area contributed by atoms with E-state index in [4.69, 9.17) is 4.98 Å². The fourth-order valence-electron chi connectivity index (χ4n) is 4.58. The van der Waals surface area contributed by atoms with Crippen molar-refractivity contribution in [2.45, 2.75) is 43.6 Å². The van der Waals surface area contributed by atoms with Crippen molar-refractivity contribution in [2.75, 3.05) is 37.6 Å². The molecular formula is C22H30N4O. The zero-order valence-corrected chi connectivity index (χ0v) is 16.0. The molecule has 0 spiro atoms. The van der Waals surface area contributed by atoms with Crippen LogP contribution in [0.3, 0.4) is 0 Å². The van der Waals surface area contributed by atoms with E-state index in [0.29, 0.717) is 0 Å². The van der Waals surface area contributed by atoms with Crippen molar-refractivity contribution in [3.8, 4) is 0 Å². The minimum absolute atomic E-state index is 0.124. The Balaban J connectivity index is 1.36. The number of hydrogen-bond donors (Lipinski definition) is 1. The number of hydrogen-bond acceptors (Lipinski definition) is 5. The van der Waals surface area contributed by atoms with Crippen LogP contribution >= 0.6 is 0 Å². The van der Waals surface area contributed by atoms with E-state index < -0.39 is 0 Å². The van der Waals surface area contributed by atoms with Crippen molar-refractivity contribution in [2.24, 2.45) is 0 Å². The lowest BCUT2D eigenvalue weighted by atomic mass is 9.68. The summed E-state index contributed by atoms with van der Waals surface area (Å²) in [4.78, 5) is 14.1. The van der Waals surface area contributed by atoms with Gasteiger partial charge in [0.1, 0.15) is 5.82 Å². The number of aliphatic hydroxyl groups is 1. The molecule has 1 N–H and O–H groups in total. The van der Waals surface area contributed by atoms with Crippen LogP contribution in [-0.2, 0) is 5.41 Å². The number of pyridine rings is 2. The highest BCUT2D eigenvalue weighted by Crippen LogP contribution is 2.41. The van der Waals surface area contributed by atoms with Crippen molar-refractivity contribution >= 4 is 5.82 Å². The predicted octanol–water partition coefficient (Wildman–Crippen LogP) is 2.86. The van der Waals surface area contributed by atoms with Gasteiger partial charge in [-0.05, 0) is 62.9 Å². The summed E-state index contributed by atoms with van der Waals surface area (Å²) >= 11 is 0. The van der Waals surface area contributed by atoms with Crippen LogP contribution in [0.2, 0.25) is 0 Å². The molecule has 5 nitrogen and oxygen atoms in total. The maximum Gasteiger partial charge on any atom is 0.128 e. The van der Waals surface area contributed by atoms with Gasteiger partial charge in [-0.25, -0.2) is 4.98 Å². The second-order valence-corrected chi connectivity index (χ2v) is 7.99. The molecule has 0 radical (unpaired) electrons. The molecule has 0 aromatic carbocycles. The summed E-state index contributed by atoms with van der Waals surface area (Å²) in [5.74, 6) is 1.09. The molecule has 1 aliphatic carbocycles. The van der Waals surface area contributed by atoms with Gasteiger partial charge in [0.25, 0.3) is 0 Å². The van der Waals surface area contributed by atoms with Crippen LogP contribution in [0.1, 0.15) is 37.8 Å². The summed E-state index contributed by atoms with van der Waals surface area (Å²) in [5, 5.41) is 10.0. The van der Waals surface area contributed by atoms with Gasteiger partial charge in [-0.2, -0.15) is 0 Å². The second kappa shape index (κ2) is 8.36. The van der Waals surface area contributed by atoms with Crippen LogP contribution < -0.4 is 4.90 Å². The molecule has 2 aromatic rings. The van der Waals surface area contributed by atoms with Gasteiger partial charge in [-0.3, -0.25) is 9.88 Å². The van der Waals surface area contributed by atoms with E-state index in [1.54, 1.807) is 0 Å². The van der Waals surface area contributed by atoms with E-state index in [1.807, 2.05) is 24.5 Å². The van der Waals surface area contributed by atoms with Gasteiger partial charge in [-0.15, -0.1) is 0 Å². The molecule has 2 fully saturated rings. The quantitative estimate of drug-likeness (QED) is 0.882. The smallest absolute Gasteiger partial charge is 0.128 e. The molecule has 1 aliphatic heterocycles. The van der Waals surface area contributed by atoms with Crippen LogP contribution in [0.25, 0.3) is 0 Å². The summed E-state index contributed by atoms with van der Waals surface area (Å²) in [6, 6.07) is 12.4. The lowest BCUT2D eigenvalue weighted by Gasteiger charge is -2.41. The van der Waals surface area contributed by atoms with Crippen molar-refractivity contribution < 1.29 is 5.11 Å². The van der Waals surface area contributed by atoms with Crippen molar-refractivity contribution in [1.29, 1.82) is 0 Å². The van der Waals surface area contributed by atoms with Gasteiger partial charge in [0.15, 0.2) is 0 Å². The fraction of sp³-hybridized carbons (Fsp3) is 0.545. The number of rotatable bonds is 5. The molecule has 1 saturated carbocycles. The summed E-state index contributed by atoms with van der Waals surface area (Å²) < 4.78 is 0. The Morgan fingerprint density at radius 2 is 1.63 bits per heavy atom. The third kappa shape index (κ3) is 4.30. The molecule has 3 heterocycles. The highest BCUT2D eigenvalue weighted by atomic mass is 16.3. The normalized spacial score (nSPS) is 26.9. The zero-order chi connectivity index (χ0) is 18.5. The number of nitrogens with zero attached hydrogens (tertiary/aromatic N) is 4. The first kappa shape index (κ1) is 18.4. The summed E-state index contributed by atoms with van der Waals surface area (Å²) in [5.41, 5.74) is 1.34. The number of anilines is 1. The molecule has 27 heavy (non-hydrogen) atoms. The minimum Gasteiger partial charge on any atom is -0.393 e. The Labute approximate surface area is 162 Å². The molecule has 0 unspecified atom stereocenters. The molecule has 4 rings (SSSR count). The largest absolute Gasteiger partial charge is 0.393 e. The Hall–Kier alpha value is -1.98. The topological polar surface area (TPSA) is 52.5 Å². The highest BCUT2D eigenvalue weighted by Gasteiger charge is 2.37. The Bertz CT molecular complexity index is 693. The highest BCUT2D eigenvalue weighted by molar-refractivity contribution is 5.38. The molecule has 0 bridgehead atoms. The molecule has 2 aliphatic rings. The van der Waals surface area contributed by atoms with E-state index in [2.05, 4.69) is 39.0 Å². The van der Waals surface area contributed by atoms with Crippen molar-refractivity contribution in [3.63, 3.8) is 0 Å². The number of aliphatic hydroxyl groups excluding tert-OH is 1. The van der Waals surface area contributed by atoms with E-state index in [0.717, 1.165) is 70.6 Å². The zero-order valence-electron chi connectivity index (χ0n) is 16.0. The molecule has 0 atom stereocenters. The molecule has 144 valence electrons. The molecule has 0 amide bonds. The maximum atomic E-state index is 10.0. The second-order valence-electron chi connectivity index (χ2n) is 7.99. The average Bonchev–Trinajstić information content (AvgIpc) is 2.75. The average molecular weight is 367 g/mol. The van der Waals surface area contributed by atoms with Crippen LogP contribution in [0, 0.1) is 0 Å². The third-order valence-corrected chi connectivity index (χ3v) is 6.37. The predicted molar refractivity (Wildman–Crippen MR) is 108 cm³/mol. The van der Waals surface area contributed by atoms with E-state index in [9.17, 15) is 5.11 Å². The van der Waals surface area contributed by atoms with Gasteiger partial charge < -0.3 is 10.0 Å². The monoisotopic (exact) mass is 366 g/mol. The summed E-state index contributed by atoms with van der Waals surface area (Å²) in [7, 11) is 0. The Morgan fingerprint density at radius 1 is 0.926 bits per heavy atom. The van der Waals surface area contributed by atoms with Gasteiger partial charge in [0.05, 0.1) is 6.10 Å². The van der Waals surface area contributed by atoms with Gasteiger partial charge >= 0.3 is 0 Å². The Kier molecular flexibility index (Phi) is 5.69. The van der Waals surface area contributed by atoms with Gasteiger partial charge in [0, 0.05) is 49.7 Å². The third-order valence-electron chi connectivity index (χ3n) is 6.37. The van der Waals surface area contributed by atoms with Gasteiger partial charge in [0.2, 0.25) is 0 Å². The van der Waals surface area contributed by atoms with Crippen LogP contribution in [0.5, 0.6) is 0 Å². The first-order valence-corrected chi connectivity index (χ1v) is 10.2. The summed E-state index contributed by atoms with van der Waals surface area (Å²) in [6.07, 6.45) is 8.64. The number of aromatic nitrogens is 2. The number of piperazine rings is 1. The lowest BCUT2D eigenvalue weighted by Crippen LogP contribution is -2.48. The standard InChI is InChI=1S/C22H30N4O/c27-19-7-9-22(10-8-19,20-5-1-3-12-23-20)11-14-25-15-17-26(18-16-25)21-6-2-4-13-24-21/h1-6,12-13,19,27H,7-11,14-18H2. The SMILES string of the molecule is OC1CCC(CCN2CCN(c3ccccn3)CC2)(c2ccccn2)CC1. The summed E-state index contributed by atoms with van der Waals surface area (Å²) in [6.45, 7) is 5.33. The molecule has 5 heteroatoms. The fourth-order valence-corrected chi connectivity index (χ4v) is 4.58. The van der Waals surface area contributed by atoms with Crippen LogP contribution in [-0.4, -0.2) is 58.8 Å². The molecule has 1 saturated heterocycles. The lowest BCUT2D eigenvalue weighted by molar-refractivity contribution is 0.0845. The Morgan fingerprint density at radius 3 is 2.26 bits per heavy atom. The first-order valence-electron chi connectivity index (χ1n) is 10.2. The molecule has 2 aromatic heterocycles. The maximum absolute atomic E-state index is 10.0. The van der Waals surface area contributed by atoms with Crippen LogP contribution in [0.4, 0.5) is 5.82 Å². The van der Waals surface area contributed by atoms with Gasteiger partial charge in [-0.1, -0.05) is 12.1 Å². The minimum atomic E-state index is -0.135. The first-order chi connectivity index (χ1) is 13.3. The van der Waals surface area contributed by atoms with E-state index in [1.165, 1.54) is 5.69 Å². The molecular weight excluding hydrogens is 336 g/mol. The van der Waals surface area contributed by atoms with Crippen molar-refractivity contribution in [3.05, 3.63) is 54.5 Å². The van der Waals surface area contributed by atoms with Crippen LogP contribution in [0.15, 0.2) is 48.8 Å².